The number of rotatable bonds is 5. The number of amides is 1. The molecule has 5 rings (SSSR count). The second kappa shape index (κ2) is 10.2. The predicted molar refractivity (Wildman–Crippen MR) is 140 cm³/mol. The molecule has 1 aliphatic rings. The van der Waals surface area contributed by atoms with Crippen LogP contribution < -0.4 is 9.64 Å². The van der Waals surface area contributed by atoms with E-state index in [2.05, 4.69) is 10.00 Å². The number of ether oxygens (including phenoxy) is 1. The molecule has 1 amide bonds. The zero-order valence-corrected chi connectivity index (χ0v) is 21.0. The van der Waals surface area contributed by atoms with Crippen LogP contribution in [0.3, 0.4) is 0 Å². The molecule has 0 atom stereocenters. The molecule has 0 spiro atoms. The van der Waals surface area contributed by atoms with Crippen molar-refractivity contribution in [1.29, 1.82) is 0 Å². The van der Waals surface area contributed by atoms with E-state index >= 15 is 0 Å². The third-order valence-electron chi connectivity index (χ3n) is 6.23. The van der Waals surface area contributed by atoms with Crippen LogP contribution in [0.25, 0.3) is 16.9 Å². The first-order valence-electron chi connectivity index (χ1n) is 11.4. The Morgan fingerprint density at radius 1 is 0.889 bits per heavy atom. The van der Waals surface area contributed by atoms with Gasteiger partial charge in [0, 0.05) is 37.4 Å². The molecule has 1 aliphatic heterocycles. The minimum absolute atomic E-state index is 0.189. The molecule has 184 valence electrons. The molecule has 6 nitrogen and oxygen atoms in total. The highest BCUT2D eigenvalue weighted by molar-refractivity contribution is 6.42. The van der Waals surface area contributed by atoms with Crippen molar-refractivity contribution in [1.82, 2.24) is 14.7 Å². The molecule has 2 heterocycles. The van der Waals surface area contributed by atoms with Crippen LogP contribution in [-0.4, -0.2) is 53.9 Å². The SMILES string of the molecule is COc1ccc(N2CCN(C(=O)c3cc(-c4ccccc4F)nn3-c3ccc(Cl)c(Cl)c3)CC2)cc1. The smallest absolute Gasteiger partial charge is 0.272 e. The number of carbonyl (C=O) groups is 1. The minimum atomic E-state index is -0.414. The second-order valence-corrected chi connectivity index (χ2v) is 9.20. The van der Waals surface area contributed by atoms with E-state index in [0.717, 1.165) is 11.4 Å². The molecular weight excluding hydrogens is 502 g/mol. The average molecular weight is 525 g/mol. The summed E-state index contributed by atoms with van der Waals surface area (Å²) >= 11 is 12.3. The summed E-state index contributed by atoms with van der Waals surface area (Å²) in [5.74, 6) is 0.197. The van der Waals surface area contributed by atoms with Crippen molar-refractivity contribution >= 4 is 34.8 Å². The van der Waals surface area contributed by atoms with E-state index in [1.54, 1.807) is 54.5 Å². The van der Waals surface area contributed by atoms with Gasteiger partial charge >= 0.3 is 0 Å². The molecule has 0 radical (unpaired) electrons. The number of hydrogen-bond acceptors (Lipinski definition) is 4. The van der Waals surface area contributed by atoms with Crippen LogP contribution in [0, 0.1) is 5.82 Å². The van der Waals surface area contributed by atoms with Crippen molar-refractivity contribution < 1.29 is 13.9 Å². The summed E-state index contributed by atoms with van der Waals surface area (Å²) in [7, 11) is 1.64. The van der Waals surface area contributed by atoms with Gasteiger partial charge in [0.25, 0.3) is 5.91 Å². The molecule has 0 unspecified atom stereocenters. The number of carbonyl (C=O) groups excluding carboxylic acids is 1. The van der Waals surface area contributed by atoms with Crippen LogP contribution in [0.1, 0.15) is 10.5 Å². The first kappa shape index (κ1) is 24.2. The molecule has 1 saturated heterocycles. The van der Waals surface area contributed by atoms with Gasteiger partial charge in [-0.05, 0) is 60.7 Å². The molecule has 0 aliphatic carbocycles. The molecule has 9 heteroatoms. The number of benzene rings is 3. The number of halogens is 3. The fourth-order valence-corrected chi connectivity index (χ4v) is 4.56. The Labute approximate surface area is 218 Å². The lowest BCUT2D eigenvalue weighted by Crippen LogP contribution is -2.49. The van der Waals surface area contributed by atoms with E-state index in [1.807, 2.05) is 24.3 Å². The molecule has 3 aromatic carbocycles. The van der Waals surface area contributed by atoms with Gasteiger partial charge in [0.1, 0.15) is 17.3 Å². The molecule has 0 N–H and O–H groups in total. The molecule has 1 aromatic heterocycles. The number of methoxy groups -OCH3 is 1. The van der Waals surface area contributed by atoms with E-state index in [9.17, 15) is 9.18 Å². The van der Waals surface area contributed by atoms with Crippen molar-refractivity contribution in [2.75, 3.05) is 38.2 Å². The van der Waals surface area contributed by atoms with Crippen LogP contribution in [0.4, 0.5) is 10.1 Å². The Balaban J connectivity index is 1.43. The van der Waals surface area contributed by atoms with Crippen molar-refractivity contribution in [3.8, 4) is 22.7 Å². The lowest BCUT2D eigenvalue weighted by atomic mass is 10.1. The summed E-state index contributed by atoms with van der Waals surface area (Å²) in [6.45, 7) is 2.43. The van der Waals surface area contributed by atoms with Crippen LogP contribution in [-0.2, 0) is 0 Å². The van der Waals surface area contributed by atoms with E-state index in [0.29, 0.717) is 58.9 Å². The highest BCUT2D eigenvalue weighted by Crippen LogP contribution is 2.29. The highest BCUT2D eigenvalue weighted by atomic mass is 35.5. The van der Waals surface area contributed by atoms with Crippen molar-refractivity contribution in [2.24, 2.45) is 0 Å². The van der Waals surface area contributed by atoms with Crippen LogP contribution >= 0.6 is 23.2 Å². The maximum Gasteiger partial charge on any atom is 0.272 e. The van der Waals surface area contributed by atoms with Crippen molar-refractivity contribution in [3.63, 3.8) is 0 Å². The van der Waals surface area contributed by atoms with E-state index < -0.39 is 5.82 Å². The summed E-state index contributed by atoms with van der Waals surface area (Å²) in [5.41, 5.74) is 2.64. The Bertz CT molecular complexity index is 1400. The molecule has 1 fully saturated rings. The van der Waals surface area contributed by atoms with Crippen LogP contribution in [0.5, 0.6) is 5.75 Å². The number of aromatic nitrogens is 2. The van der Waals surface area contributed by atoms with Crippen LogP contribution in [0.2, 0.25) is 10.0 Å². The molecule has 0 saturated carbocycles. The zero-order valence-electron chi connectivity index (χ0n) is 19.5. The topological polar surface area (TPSA) is 50.6 Å². The number of nitrogens with zero attached hydrogens (tertiary/aromatic N) is 4. The number of anilines is 1. The summed E-state index contributed by atoms with van der Waals surface area (Å²) in [6.07, 6.45) is 0. The Hall–Kier alpha value is -3.55. The summed E-state index contributed by atoms with van der Waals surface area (Å²) in [6, 6.07) is 20.9. The van der Waals surface area contributed by atoms with Gasteiger partial charge < -0.3 is 14.5 Å². The first-order valence-corrected chi connectivity index (χ1v) is 12.2. The zero-order chi connectivity index (χ0) is 25.2. The maximum absolute atomic E-state index is 14.5. The highest BCUT2D eigenvalue weighted by Gasteiger charge is 2.27. The Kier molecular flexibility index (Phi) is 6.85. The van der Waals surface area contributed by atoms with Crippen molar-refractivity contribution in [2.45, 2.75) is 0 Å². The van der Waals surface area contributed by atoms with Crippen molar-refractivity contribution in [3.05, 3.63) is 94.4 Å². The van der Waals surface area contributed by atoms with E-state index in [1.165, 1.54) is 10.7 Å². The van der Waals surface area contributed by atoms with Gasteiger partial charge in [-0.1, -0.05) is 35.3 Å². The summed E-state index contributed by atoms with van der Waals surface area (Å²) in [4.78, 5) is 17.7. The van der Waals surface area contributed by atoms with E-state index in [4.69, 9.17) is 27.9 Å². The molecular formula is C27H23Cl2FN4O2. The van der Waals surface area contributed by atoms with E-state index in [-0.39, 0.29) is 5.91 Å². The summed E-state index contributed by atoms with van der Waals surface area (Å²) in [5, 5.41) is 5.31. The molecule has 4 aromatic rings. The molecule has 36 heavy (non-hydrogen) atoms. The maximum atomic E-state index is 14.5. The monoisotopic (exact) mass is 524 g/mol. The minimum Gasteiger partial charge on any atom is -0.497 e. The lowest BCUT2D eigenvalue weighted by Gasteiger charge is -2.36. The average Bonchev–Trinajstić information content (AvgIpc) is 3.35. The quantitative estimate of drug-likeness (QED) is 0.323. The lowest BCUT2D eigenvalue weighted by molar-refractivity contribution is 0.0737. The first-order chi connectivity index (χ1) is 17.4. The Morgan fingerprint density at radius 3 is 2.25 bits per heavy atom. The normalized spacial score (nSPS) is 13.7. The van der Waals surface area contributed by atoms with Crippen LogP contribution in [0.15, 0.2) is 72.8 Å². The number of piperazine rings is 1. The van der Waals surface area contributed by atoms with Gasteiger partial charge in [-0.15, -0.1) is 0 Å². The molecule has 0 bridgehead atoms. The number of hydrogen-bond donors (Lipinski definition) is 0. The van der Waals surface area contributed by atoms with Gasteiger partial charge in [0.15, 0.2) is 0 Å². The largest absolute Gasteiger partial charge is 0.497 e. The fraction of sp³-hybridized carbons (Fsp3) is 0.185. The second-order valence-electron chi connectivity index (χ2n) is 8.38. The predicted octanol–water partition coefficient (Wildman–Crippen LogP) is 5.96. The fourth-order valence-electron chi connectivity index (χ4n) is 4.27. The van der Waals surface area contributed by atoms with Gasteiger partial charge in [0.05, 0.1) is 28.5 Å². The third kappa shape index (κ3) is 4.76. The van der Waals surface area contributed by atoms with Gasteiger partial charge in [0.2, 0.25) is 0 Å². The van der Waals surface area contributed by atoms with Gasteiger partial charge in [-0.25, -0.2) is 9.07 Å². The third-order valence-corrected chi connectivity index (χ3v) is 6.97. The van der Waals surface area contributed by atoms with Gasteiger partial charge in [-0.3, -0.25) is 4.79 Å². The van der Waals surface area contributed by atoms with Gasteiger partial charge in [-0.2, -0.15) is 5.10 Å². The Morgan fingerprint density at radius 2 is 1.58 bits per heavy atom. The summed E-state index contributed by atoms with van der Waals surface area (Å²) < 4.78 is 21.3. The standard InChI is InChI=1S/C27H23Cl2FN4O2/c1-36-20-9-6-18(7-10-20)32-12-14-33(15-13-32)27(35)26-17-25(21-4-2-3-5-24(21)30)31-34(26)19-8-11-22(28)23(29)16-19/h2-11,16-17H,12-15H2,1H3.